The summed E-state index contributed by atoms with van der Waals surface area (Å²) in [5.41, 5.74) is 0.618. The van der Waals surface area contributed by atoms with Crippen LogP contribution in [0.3, 0.4) is 0 Å². The van der Waals surface area contributed by atoms with E-state index >= 15 is 0 Å². The average Bonchev–Trinajstić information content (AvgIpc) is 2.97. The van der Waals surface area contributed by atoms with Gasteiger partial charge in [-0.05, 0) is 44.1 Å². The number of anilines is 1. The van der Waals surface area contributed by atoms with Crippen LogP contribution in [0.4, 0.5) is 5.69 Å². The van der Waals surface area contributed by atoms with Gasteiger partial charge in [-0.25, -0.2) is 0 Å². The van der Waals surface area contributed by atoms with E-state index in [-0.39, 0.29) is 30.2 Å². The van der Waals surface area contributed by atoms with Crippen molar-refractivity contribution in [3.05, 3.63) is 23.2 Å². The molecular formula is C17H22ClN3O3. The van der Waals surface area contributed by atoms with Crippen LogP contribution >= 0.6 is 11.6 Å². The number of halogens is 1. The largest absolute Gasteiger partial charge is 0.495 e. The molecule has 2 aliphatic heterocycles. The van der Waals surface area contributed by atoms with E-state index in [1.807, 2.05) is 0 Å². The number of nitrogens with zero attached hydrogens (tertiary/aromatic N) is 1. The third-order valence-electron chi connectivity index (χ3n) is 4.61. The van der Waals surface area contributed by atoms with Gasteiger partial charge in [-0.2, -0.15) is 0 Å². The molecule has 0 bridgehead atoms. The first kappa shape index (κ1) is 17.0. The molecule has 0 spiro atoms. The summed E-state index contributed by atoms with van der Waals surface area (Å²) in [5.74, 6) is 0.114. The van der Waals surface area contributed by atoms with Crippen molar-refractivity contribution in [2.24, 2.45) is 5.92 Å². The fourth-order valence-electron chi connectivity index (χ4n) is 3.28. The molecule has 2 fully saturated rings. The van der Waals surface area contributed by atoms with Crippen molar-refractivity contribution in [1.29, 1.82) is 0 Å². The number of carbonyl (C=O) groups excluding carboxylic acids is 2. The van der Waals surface area contributed by atoms with Gasteiger partial charge in [-0.3, -0.25) is 9.59 Å². The van der Waals surface area contributed by atoms with Crippen LogP contribution in [0.25, 0.3) is 0 Å². The number of nitrogens with one attached hydrogen (secondary N) is 2. The number of rotatable bonds is 4. The standard InChI is InChI=1S/C17H22ClN3O3/c1-24-15-3-2-12(18)9-14(15)21-10-11(8-16(21)22)17(23)20-13-4-6-19-7-5-13/h2-3,9,11,13,19H,4-8,10H2,1H3,(H,20,23). The van der Waals surface area contributed by atoms with E-state index in [9.17, 15) is 9.59 Å². The van der Waals surface area contributed by atoms with Gasteiger partial charge >= 0.3 is 0 Å². The van der Waals surface area contributed by atoms with Gasteiger partial charge in [-0.1, -0.05) is 11.6 Å². The number of amides is 2. The van der Waals surface area contributed by atoms with Crippen molar-refractivity contribution in [3.63, 3.8) is 0 Å². The molecule has 2 aliphatic rings. The Kier molecular flexibility index (Phi) is 5.26. The van der Waals surface area contributed by atoms with E-state index in [0.29, 0.717) is 23.0 Å². The summed E-state index contributed by atoms with van der Waals surface area (Å²) in [6.45, 7) is 2.19. The van der Waals surface area contributed by atoms with Gasteiger partial charge in [0.2, 0.25) is 11.8 Å². The van der Waals surface area contributed by atoms with Crippen molar-refractivity contribution >= 4 is 29.1 Å². The maximum atomic E-state index is 12.5. The highest BCUT2D eigenvalue weighted by molar-refractivity contribution is 6.31. The SMILES string of the molecule is COc1ccc(Cl)cc1N1CC(C(=O)NC2CCNCC2)CC1=O. The Morgan fingerprint density at radius 2 is 2.12 bits per heavy atom. The van der Waals surface area contributed by atoms with Crippen LogP contribution in [-0.2, 0) is 9.59 Å². The first-order valence-electron chi connectivity index (χ1n) is 8.23. The topological polar surface area (TPSA) is 70.7 Å². The summed E-state index contributed by atoms with van der Waals surface area (Å²) in [7, 11) is 1.55. The molecule has 130 valence electrons. The summed E-state index contributed by atoms with van der Waals surface area (Å²) in [6.07, 6.45) is 2.07. The number of hydrogen-bond donors (Lipinski definition) is 2. The normalized spacial score (nSPS) is 21.8. The Bertz CT molecular complexity index is 632. The number of carbonyl (C=O) groups is 2. The van der Waals surface area contributed by atoms with Gasteiger partial charge in [0.25, 0.3) is 0 Å². The van der Waals surface area contributed by atoms with E-state index in [1.165, 1.54) is 0 Å². The number of benzene rings is 1. The zero-order valence-corrected chi connectivity index (χ0v) is 14.4. The lowest BCUT2D eigenvalue weighted by atomic mass is 10.0. The van der Waals surface area contributed by atoms with Crippen LogP contribution < -0.4 is 20.3 Å². The molecule has 7 heteroatoms. The molecule has 2 saturated heterocycles. The lowest BCUT2D eigenvalue weighted by Crippen LogP contribution is -2.45. The van der Waals surface area contributed by atoms with E-state index in [0.717, 1.165) is 25.9 Å². The second kappa shape index (κ2) is 7.40. The minimum Gasteiger partial charge on any atom is -0.495 e. The zero-order valence-electron chi connectivity index (χ0n) is 13.7. The van der Waals surface area contributed by atoms with Gasteiger partial charge in [0.05, 0.1) is 18.7 Å². The summed E-state index contributed by atoms with van der Waals surface area (Å²) < 4.78 is 5.32. The second-order valence-electron chi connectivity index (χ2n) is 6.25. The van der Waals surface area contributed by atoms with Gasteiger partial charge in [0.1, 0.15) is 5.75 Å². The Labute approximate surface area is 146 Å². The zero-order chi connectivity index (χ0) is 17.1. The fourth-order valence-corrected chi connectivity index (χ4v) is 3.44. The number of hydrogen-bond acceptors (Lipinski definition) is 4. The molecule has 1 atom stereocenters. The number of piperidine rings is 1. The Morgan fingerprint density at radius 1 is 1.38 bits per heavy atom. The quantitative estimate of drug-likeness (QED) is 0.864. The summed E-state index contributed by atoms with van der Waals surface area (Å²) in [6, 6.07) is 5.34. The van der Waals surface area contributed by atoms with Crippen LogP contribution in [-0.4, -0.2) is 44.6 Å². The third-order valence-corrected chi connectivity index (χ3v) is 4.85. The molecule has 24 heavy (non-hydrogen) atoms. The maximum absolute atomic E-state index is 12.5. The third kappa shape index (κ3) is 3.65. The van der Waals surface area contributed by atoms with Gasteiger partial charge < -0.3 is 20.3 Å². The Balaban J connectivity index is 1.69. The predicted molar refractivity (Wildman–Crippen MR) is 92.5 cm³/mol. The van der Waals surface area contributed by atoms with Crippen molar-refractivity contribution in [3.8, 4) is 5.75 Å². The monoisotopic (exact) mass is 351 g/mol. The highest BCUT2D eigenvalue weighted by Gasteiger charge is 2.37. The molecule has 2 amide bonds. The molecule has 3 rings (SSSR count). The molecule has 0 aromatic heterocycles. The van der Waals surface area contributed by atoms with E-state index in [2.05, 4.69) is 10.6 Å². The number of ether oxygens (including phenoxy) is 1. The average molecular weight is 352 g/mol. The lowest BCUT2D eigenvalue weighted by Gasteiger charge is -2.25. The minimum atomic E-state index is -0.337. The van der Waals surface area contributed by atoms with Gasteiger partial charge in [0, 0.05) is 24.0 Å². The molecule has 1 aromatic carbocycles. The van der Waals surface area contributed by atoms with Crippen LogP contribution in [0, 0.1) is 5.92 Å². The van der Waals surface area contributed by atoms with Gasteiger partial charge in [-0.15, -0.1) is 0 Å². The molecule has 1 unspecified atom stereocenters. The van der Waals surface area contributed by atoms with Crippen LogP contribution in [0.5, 0.6) is 5.75 Å². The Hall–Kier alpha value is -1.79. The first-order valence-corrected chi connectivity index (χ1v) is 8.61. The molecule has 6 nitrogen and oxygen atoms in total. The summed E-state index contributed by atoms with van der Waals surface area (Å²) in [4.78, 5) is 26.5. The molecule has 0 radical (unpaired) electrons. The van der Waals surface area contributed by atoms with Crippen molar-refractivity contribution in [2.45, 2.75) is 25.3 Å². The minimum absolute atomic E-state index is 0.0428. The highest BCUT2D eigenvalue weighted by atomic mass is 35.5. The second-order valence-corrected chi connectivity index (χ2v) is 6.69. The van der Waals surface area contributed by atoms with E-state index < -0.39 is 0 Å². The van der Waals surface area contributed by atoms with Gasteiger partial charge in [0.15, 0.2) is 0 Å². The lowest BCUT2D eigenvalue weighted by molar-refractivity contribution is -0.127. The predicted octanol–water partition coefficient (Wildman–Crippen LogP) is 1.57. The first-order chi connectivity index (χ1) is 11.6. The molecule has 0 saturated carbocycles. The van der Waals surface area contributed by atoms with Crippen molar-refractivity contribution in [1.82, 2.24) is 10.6 Å². The molecule has 1 aromatic rings. The smallest absolute Gasteiger partial charge is 0.227 e. The molecule has 2 N–H and O–H groups in total. The van der Waals surface area contributed by atoms with Crippen molar-refractivity contribution in [2.75, 3.05) is 31.6 Å². The fraction of sp³-hybridized carbons (Fsp3) is 0.529. The number of methoxy groups -OCH3 is 1. The highest BCUT2D eigenvalue weighted by Crippen LogP contribution is 2.35. The van der Waals surface area contributed by atoms with E-state index in [1.54, 1.807) is 30.2 Å². The summed E-state index contributed by atoms with van der Waals surface area (Å²) >= 11 is 6.05. The molecule has 2 heterocycles. The van der Waals surface area contributed by atoms with E-state index in [4.69, 9.17) is 16.3 Å². The maximum Gasteiger partial charge on any atom is 0.227 e. The Morgan fingerprint density at radius 3 is 2.83 bits per heavy atom. The van der Waals surface area contributed by atoms with Crippen LogP contribution in [0.2, 0.25) is 5.02 Å². The molecular weight excluding hydrogens is 330 g/mol. The summed E-state index contributed by atoms with van der Waals surface area (Å²) in [5, 5.41) is 6.88. The van der Waals surface area contributed by atoms with Crippen molar-refractivity contribution < 1.29 is 14.3 Å². The molecule has 0 aliphatic carbocycles. The van der Waals surface area contributed by atoms with Crippen LogP contribution in [0.15, 0.2) is 18.2 Å². The van der Waals surface area contributed by atoms with Crippen LogP contribution in [0.1, 0.15) is 19.3 Å².